The molecular weight excluding hydrogens is 304 g/mol. The normalized spacial score (nSPS) is 17.8. The molecule has 1 aromatic carbocycles. The second-order valence-electron chi connectivity index (χ2n) is 5.58. The molecule has 0 radical (unpaired) electrons. The minimum absolute atomic E-state index is 0.0886. The summed E-state index contributed by atoms with van der Waals surface area (Å²) in [6.07, 6.45) is 3.57. The molecule has 1 aliphatic carbocycles. The lowest BCUT2D eigenvalue weighted by atomic mass is 9.96. The van der Waals surface area contributed by atoms with Crippen LogP contribution in [0.25, 0.3) is 0 Å². The van der Waals surface area contributed by atoms with Crippen LogP contribution in [0.15, 0.2) is 28.7 Å². The highest BCUT2D eigenvalue weighted by Crippen LogP contribution is 2.48. The second kappa shape index (κ2) is 6.06. The van der Waals surface area contributed by atoms with Crippen molar-refractivity contribution in [2.45, 2.75) is 44.1 Å². The van der Waals surface area contributed by atoms with Crippen LogP contribution in [-0.2, 0) is 10.2 Å². The molecule has 1 amide bonds. The number of hydrogen-bond acceptors (Lipinski definition) is 2. The van der Waals surface area contributed by atoms with Crippen molar-refractivity contribution >= 4 is 21.8 Å². The van der Waals surface area contributed by atoms with E-state index in [9.17, 15) is 4.79 Å². The van der Waals surface area contributed by atoms with E-state index >= 15 is 0 Å². The van der Waals surface area contributed by atoms with E-state index in [-0.39, 0.29) is 17.4 Å². The molecule has 1 saturated carbocycles. The average Bonchev–Trinajstić information content (AvgIpc) is 3.15. The molecule has 0 bridgehead atoms. The van der Waals surface area contributed by atoms with Crippen molar-refractivity contribution in [3.63, 3.8) is 0 Å². The van der Waals surface area contributed by atoms with Gasteiger partial charge in [-0.05, 0) is 43.9 Å². The van der Waals surface area contributed by atoms with Gasteiger partial charge in [0.15, 0.2) is 0 Å². The first-order valence-corrected chi connectivity index (χ1v) is 7.59. The van der Waals surface area contributed by atoms with Crippen LogP contribution < -0.4 is 11.1 Å². The largest absolute Gasteiger partial charge is 0.355 e. The number of rotatable bonds is 6. The summed E-state index contributed by atoms with van der Waals surface area (Å²) >= 11 is 3.50. The molecule has 0 aromatic heterocycles. The lowest BCUT2D eigenvalue weighted by molar-refractivity contribution is -0.121. The van der Waals surface area contributed by atoms with Gasteiger partial charge in [0.1, 0.15) is 0 Å². The van der Waals surface area contributed by atoms with Gasteiger partial charge in [0.25, 0.3) is 0 Å². The Balaban J connectivity index is 1.87. The molecule has 3 nitrogen and oxygen atoms in total. The summed E-state index contributed by atoms with van der Waals surface area (Å²) in [4.78, 5) is 11.7. The van der Waals surface area contributed by atoms with Gasteiger partial charge < -0.3 is 11.1 Å². The molecule has 1 aromatic rings. The zero-order chi connectivity index (χ0) is 13.9. The van der Waals surface area contributed by atoms with Crippen molar-refractivity contribution in [1.82, 2.24) is 5.32 Å². The number of benzene rings is 1. The van der Waals surface area contributed by atoms with E-state index in [0.29, 0.717) is 6.42 Å². The summed E-state index contributed by atoms with van der Waals surface area (Å²) < 4.78 is 1.10. The van der Waals surface area contributed by atoms with Gasteiger partial charge in [0.05, 0.1) is 0 Å². The number of hydrogen-bond donors (Lipinski definition) is 2. The maximum atomic E-state index is 11.7. The summed E-state index contributed by atoms with van der Waals surface area (Å²) in [5, 5.41) is 3.05. The van der Waals surface area contributed by atoms with Crippen molar-refractivity contribution in [2.24, 2.45) is 5.73 Å². The van der Waals surface area contributed by atoms with Gasteiger partial charge in [0.2, 0.25) is 5.91 Å². The van der Waals surface area contributed by atoms with E-state index in [1.165, 1.54) is 5.56 Å². The molecule has 4 heteroatoms. The van der Waals surface area contributed by atoms with Crippen LogP contribution >= 0.6 is 15.9 Å². The summed E-state index contributed by atoms with van der Waals surface area (Å²) in [5.41, 5.74) is 7.13. The smallest absolute Gasteiger partial charge is 0.220 e. The van der Waals surface area contributed by atoms with E-state index in [4.69, 9.17) is 5.73 Å². The zero-order valence-corrected chi connectivity index (χ0v) is 12.9. The van der Waals surface area contributed by atoms with Gasteiger partial charge >= 0.3 is 0 Å². The van der Waals surface area contributed by atoms with Crippen LogP contribution in [0.3, 0.4) is 0 Å². The number of nitrogens with one attached hydrogen (secondary N) is 1. The number of nitrogens with two attached hydrogens (primary N) is 1. The Hall–Kier alpha value is -0.870. The molecule has 2 rings (SSSR count). The van der Waals surface area contributed by atoms with Gasteiger partial charge in [-0.1, -0.05) is 28.1 Å². The van der Waals surface area contributed by atoms with Crippen molar-refractivity contribution in [1.29, 1.82) is 0 Å². The van der Waals surface area contributed by atoms with Gasteiger partial charge in [-0.25, -0.2) is 0 Å². The number of carbonyl (C=O) groups is 1. The fourth-order valence-corrected chi connectivity index (χ4v) is 2.65. The number of halogens is 1. The quantitative estimate of drug-likeness (QED) is 0.845. The Bertz CT molecular complexity index is 455. The SMILES string of the molecule is CC(N)CCC(=O)NCC1(c2cccc(Br)c2)CC1. The lowest BCUT2D eigenvalue weighted by Gasteiger charge is -2.17. The third-order valence-corrected chi connectivity index (χ3v) is 4.23. The Kier molecular flexibility index (Phi) is 4.63. The fraction of sp³-hybridized carbons (Fsp3) is 0.533. The first-order chi connectivity index (χ1) is 9.02. The van der Waals surface area contributed by atoms with Crippen LogP contribution in [0.5, 0.6) is 0 Å². The van der Waals surface area contributed by atoms with Crippen LogP contribution in [-0.4, -0.2) is 18.5 Å². The van der Waals surface area contributed by atoms with Crippen molar-refractivity contribution in [3.05, 3.63) is 34.3 Å². The fourth-order valence-electron chi connectivity index (χ4n) is 2.25. The first-order valence-electron chi connectivity index (χ1n) is 6.80. The Morgan fingerprint density at radius 2 is 2.26 bits per heavy atom. The van der Waals surface area contributed by atoms with Crippen molar-refractivity contribution < 1.29 is 4.79 Å². The van der Waals surface area contributed by atoms with Crippen LogP contribution in [0.4, 0.5) is 0 Å². The van der Waals surface area contributed by atoms with Gasteiger partial charge in [-0.2, -0.15) is 0 Å². The van der Waals surface area contributed by atoms with E-state index in [1.54, 1.807) is 0 Å². The van der Waals surface area contributed by atoms with E-state index in [1.807, 2.05) is 13.0 Å². The molecule has 104 valence electrons. The van der Waals surface area contributed by atoms with Crippen LogP contribution in [0.2, 0.25) is 0 Å². The number of carbonyl (C=O) groups excluding carboxylic acids is 1. The molecular formula is C15H21BrN2O. The van der Waals surface area contributed by atoms with Crippen molar-refractivity contribution in [3.8, 4) is 0 Å². The molecule has 3 N–H and O–H groups in total. The molecule has 0 spiro atoms. The maximum Gasteiger partial charge on any atom is 0.220 e. The molecule has 1 fully saturated rings. The molecule has 1 aliphatic rings. The summed E-state index contributed by atoms with van der Waals surface area (Å²) in [7, 11) is 0. The monoisotopic (exact) mass is 324 g/mol. The highest BCUT2D eigenvalue weighted by atomic mass is 79.9. The minimum atomic E-state index is 0.0886. The molecule has 1 unspecified atom stereocenters. The lowest BCUT2D eigenvalue weighted by Crippen LogP contribution is -2.33. The topological polar surface area (TPSA) is 55.1 Å². The molecule has 0 heterocycles. The van der Waals surface area contributed by atoms with Gasteiger partial charge in [-0.15, -0.1) is 0 Å². The summed E-state index contributed by atoms with van der Waals surface area (Å²) in [5.74, 6) is 0.110. The van der Waals surface area contributed by atoms with E-state index in [2.05, 4.69) is 39.4 Å². The highest BCUT2D eigenvalue weighted by Gasteiger charge is 2.44. The Labute approximate surface area is 123 Å². The van der Waals surface area contributed by atoms with Crippen molar-refractivity contribution in [2.75, 3.05) is 6.54 Å². The standard InChI is InChI=1S/C15H21BrN2O/c1-11(17)5-6-14(19)18-10-15(7-8-15)12-3-2-4-13(16)9-12/h2-4,9,11H,5-8,10,17H2,1H3,(H,18,19). The molecule has 0 saturated heterocycles. The zero-order valence-electron chi connectivity index (χ0n) is 11.3. The molecule has 1 atom stereocenters. The van der Waals surface area contributed by atoms with Crippen LogP contribution in [0.1, 0.15) is 38.2 Å². The second-order valence-corrected chi connectivity index (χ2v) is 6.50. The summed E-state index contributed by atoms with van der Waals surface area (Å²) in [6.45, 7) is 2.67. The van der Waals surface area contributed by atoms with Crippen LogP contribution in [0, 0.1) is 0 Å². The Morgan fingerprint density at radius 1 is 1.53 bits per heavy atom. The maximum absolute atomic E-state index is 11.7. The van der Waals surface area contributed by atoms with E-state index < -0.39 is 0 Å². The van der Waals surface area contributed by atoms with E-state index in [0.717, 1.165) is 30.3 Å². The summed E-state index contributed by atoms with van der Waals surface area (Å²) in [6, 6.07) is 8.47. The van der Waals surface area contributed by atoms with Gasteiger partial charge in [-0.3, -0.25) is 4.79 Å². The predicted molar refractivity (Wildman–Crippen MR) is 80.9 cm³/mol. The third kappa shape index (κ3) is 4.05. The Morgan fingerprint density at radius 3 is 2.84 bits per heavy atom. The molecule has 0 aliphatic heterocycles. The molecule has 19 heavy (non-hydrogen) atoms. The number of amides is 1. The highest BCUT2D eigenvalue weighted by molar-refractivity contribution is 9.10. The minimum Gasteiger partial charge on any atom is -0.355 e. The average molecular weight is 325 g/mol. The van der Waals surface area contributed by atoms with Gasteiger partial charge in [0, 0.05) is 28.9 Å². The third-order valence-electron chi connectivity index (χ3n) is 3.74. The predicted octanol–water partition coefficient (Wildman–Crippen LogP) is 2.72. The first kappa shape index (κ1) is 14.5.